The maximum absolute atomic E-state index is 14.2. The van der Waals surface area contributed by atoms with Gasteiger partial charge < -0.3 is 14.2 Å². The summed E-state index contributed by atoms with van der Waals surface area (Å²) in [7, 11) is 0. The number of fused-ring (bicyclic) bond motifs is 3. The van der Waals surface area contributed by atoms with Gasteiger partial charge in [-0.2, -0.15) is 13.2 Å². The van der Waals surface area contributed by atoms with Gasteiger partial charge in [0.1, 0.15) is 17.1 Å². The molecule has 4 rings (SSSR count). The average Bonchev–Trinajstić information content (AvgIpc) is 3.21. The van der Waals surface area contributed by atoms with Crippen molar-refractivity contribution in [1.82, 2.24) is 0 Å². The number of carbonyl (C=O) groups is 2. The van der Waals surface area contributed by atoms with Gasteiger partial charge in [-0.3, -0.25) is 0 Å². The fourth-order valence-electron chi connectivity index (χ4n) is 3.74. The maximum Gasteiger partial charge on any atom is 0.573 e. The summed E-state index contributed by atoms with van der Waals surface area (Å²) in [6.45, 7) is 9.51. The minimum Gasteiger partial charge on any atom is -0.423 e. The van der Waals surface area contributed by atoms with E-state index in [1.165, 1.54) is 56.3 Å². The molecule has 3 aromatic carbocycles. The van der Waals surface area contributed by atoms with Crippen LogP contribution in [0.1, 0.15) is 19.4 Å². The van der Waals surface area contributed by atoms with Crippen LogP contribution in [0.5, 0.6) is 17.2 Å². The molecule has 1 heterocycles. The van der Waals surface area contributed by atoms with Crippen molar-refractivity contribution in [2.24, 2.45) is 0 Å². The fraction of sp³-hybridized carbons (Fsp3) is 0.143. The monoisotopic (exact) mass is 580 g/mol. The molecule has 208 valence electrons. The summed E-state index contributed by atoms with van der Waals surface area (Å²) in [6, 6.07) is 10.2. The van der Waals surface area contributed by atoms with Crippen molar-refractivity contribution in [2.45, 2.75) is 26.4 Å². The molecule has 0 radical (unpaired) electrons. The predicted octanol–water partition coefficient (Wildman–Crippen LogP) is 8.60. The van der Waals surface area contributed by atoms with Gasteiger partial charge in [-0.15, -0.1) is 24.5 Å². The molecule has 0 N–H and O–H groups in total. The maximum atomic E-state index is 14.2. The van der Waals surface area contributed by atoms with Gasteiger partial charge >= 0.3 is 24.5 Å². The Morgan fingerprint density at radius 3 is 1.85 bits per heavy atom. The van der Waals surface area contributed by atoms with Crippen LogP contribution in [0.15, 0.2) is 72.8 Å². The highest BCUT2D eigenvalue weighted by Crippen LogP contribution is 2.51. The van der Waals surface area contributed by atoms with Gasteiger partial charge in [0, 0.05) is 27.5 Å². The molecular formula is C28H18F6O5S. The molecule has 12 heteroatoms. The molecule has 40 heavy (non-hydrogen) atoms. The lowest BCUT2D eigenvalue weighted by Crippen LogP contribution is -2.17. The Balaban J connectivity index is 1.94. The summed E-state index contributed by atoms with van der Waals surface area (Å²) in [5.41, 5.74) is -1.19. The summed E-state index contributed by atoms with van der Waals surface area (Å²) >= 11 is 0.418. The van der Waals surface area contributed by atoms with Crippen LogP contribution in [0.25, 0.3) is 31.3 Å². The van der Waals surface area contributed by atoms with Crippen LogP contribution in [0, 0.1) is 0 Å². The first-order valence-corrected chi connectivity index (χ1v) is 12.1. The van der Waals surface area contributed by atoms with E-state index in [2.05, 4.69) is 17.9 Å². The molecule has 0 spiro atoms. The Labute approximate surface area is 226 Å². The van der Waals surface area contributed by atoms with E-state index in [0.29, 0.717) is 11.3 Å². The van der Waals surface area contributed by atoms with Gasteiger partial charge in [0.15, 0.2) is 5.75 Å². The summed E-state index contributed by atoms with van der Waals surface area (Å²) in [6.07, 6.45) is -10.2. The first-order valence-electron chi connectivity index (χ1n) is 11.3. The Hall–Kier alpha value is -4.32. The minimum absolute atomic E-state index is 0.0110. The van der Waals surface area contributed by atoms with Crippen molar-refractivity contribution in [3.8, 4) is 28.4 Å². The molecule has 0 unspecified atom stereocenters. The van der Waals surface area contributed by atoms with Crippen LogP contribution in [-0.4, -0.2) is 18.3 Å². The van der Waals surface area contributed by atoms with Crippen molar-refractivity contribution in [1.29, 1.82) is 0 Å². The summed E-state index contributed by atoms with van der Waals surface area (Å²) in [5, 5.41) is 0.0568. The highest BCUT2D eigenvalue weighted by molar-refractivity contribution is 7.26. The topological polar surface area (TPSA) is 61.8 Å². The van der Waals surface area contributed by atoms with Crippen molar-refractivity contribution in [3.63, 3.8) is 0 Å². The molecular weight excluding hydrogens is 562 g/mol. The zero-order chi connectivity index (χ0) is 29.6. The number of benzene rings is 3. The molecule has 0 saturated carbocycles. The van der Waals surface area contributed by atoms with Crippen molar-refractivity contribution >= 4 is 43.4 Å². The van der Waals surface area contributed by atoms with Gasteiger partial charge in [-0.05, 0) is 49.7 Å². The van der Waals surface area contributed by atoms with Gasteiger partial charge in [-0.25, -0.2) is 9.59 Å². The Kier molecular flexibility index (Phi) is 7.41. The van der Waals surface area contributed by atoms with E-state index < -0.39 is 46.2 Å². The quantitative estimate of drug-likeness (QED) is 0.0989. The SMILES string of the molecule is C=C(C)C(=O)Oc1ccc(-c2ccc3c(sc4c(C(F)(F)F)c(OC(=O)C(=C)C)ccc43)c2OC(F)(F)F)cc1. The third-order valence-corrected chi connectivity index (χ3v) is 6.74. The number of ether oxygens (including phenoxy) is 3. The molecule has 0 bridgehead atoms. The zero-order valence-electron chi connectivity index (χ0n) is 20.8. The molecule has 0 saturated heterocycles. The Morgan fingerprint density at radius 1 is 0.750 bits per heavy atom. The molecule has 0 aliphatic heterocycles. The standard InChI is InChI=1S/C28H18F6O5S/c1-13(2)25(35)37-16-7-5-15(6-8-16)17-9-10-19-18-11-12-20(38-26(36)14(3)4)21(27(29,30)31)23(18)40-24(19)22(17)39-28(32,33)34/h5-12H,1,3H2,2,4H3. The molecule has 0 aliphatic carbocycles. The van der Waals surface area contributed by atoms with Crippen LogP contribution >= 0.6 is 11.3 Å². The second-order valence-corrected chi connectivity index (χ2v) is 9.67. The van der Waals surface area contributed by atoms with Gasteiger partial charge in [0.25, 0.3) is 0 Å². The number of rotatable bonds is 6. The van der Waals surface area contributed by atoms with E-state index in [1.54, 1.807) is 0 Å². The third kappa shape index (κ3) is 5.81. The van der Waals surface area contributed by atoms with E-state index in [1.807, 2.05) is 0 Å². The normalized spacial score (nSPS) is 11.9. The molecule has 0 amide bonds. The van der Waals surface area contributed by atoms with Crippen LogP contribution < -0.4 is 14.2 Å². The van der Waals surface area contributed by atoms with Crippen molar-refractivity contribution in [3.05, 3.63) is 78.4 Å². The minimum atomic E-state index is -5.18. The lowest BCUT2D eigenvalue weighted by molar-refractivity contribution is -0.273. The first-order chi connectivity index (χ1) is 18.6. The molecule has 4 aromatic rings. The van der Waals surface area contributed by atoms with Crippen LogP contribution in [0.4, 0.5) is 26.3 Å². The van der Waals surface area contributed by atoms with Gasteiger partial charge in [0.2, 0.25) is 0 Å². The molecule has 0 fully saturated rings. The van der Waals surface area contributed by atoms with E-state index in [4.69, 9.17) is 9.47 Å². The second kappa shape index (κ2) is 10.3. The second-order valence-electron chi connectivity index (χ2n) is 8.65. The lowest BCUT2D eigenvalue weighted by atomic mass is 10.0. The predicted molar refractivity (Wildman–Crippen MR) is 137 cm³/mol. The zero-order valence-corrected chi connectivity index (χ0v) is 21.6. The van der Waals surface area contributed by atoms with E-state index >= 15 is 0 Å². The number of hydrogen-bond acceptors (Lipinski definition) is 6. The van der Waals surface area contributed by atoms with Gasteiger partial charge in [-0.1, -0.05) is 31.4 Å². The highest BCUT2D eigenvalue weighted by Gasteiger charge is 2.39. The number of hydrogen-bond donors (Lipinski definition) is 0. The number of thiophene rings is 1. The Bertz CT molecular complexity index is 1680. The van der Waals surface area contributed by atoms with Crippen molar-refractivity contribution < 1.29 is 50.1 Å². The van der Waals surface area contributed by atoms with Crippen molar-refractivity contribution in [2.75, 3.05) is 0 Å². The largest absolute Gasteiger partial charge is 0.573 e. The van der Waals surface area contributed by atoms with Crippen LogP contribution in [-0.2, 0) is 15.8 Å². The van der Waals surface area contributed by atoms with E-state index in [-0.39, 0.29) is 43.5 Å². The smallest absolute Gasteiger partial charge is 0.423 e. The molecule has 1 aromatic heterocycles. The molecule has 0 atom stereocenters. The summed E-state index contributed by atoms with van der Waals surface area (Å²) in [5.74, 6) is -3.21. The van der Waals surface area contributed by atoms with E-state index in [0.717, 1.165) is 6.07 Å². The number of esters is 2. The molecule has 0 aliphatic rings. The number of carbonyl (C=O) groups excluding carboxylic acids is 2. The van der Waals surface area contributed by atoms with Crippen LogP contribution in [0.3, 0.4) is 0 Å². The average molecular weight is 581 g/mol. The number of alkyl halides is 6. The van der Waals surface area contributed by atoms with Gasteiger partial charge in [0.05, 0.1) is 9.40 Å². The Morgan fingerprint density at radius 2 is 1.30 bits per heavy atom. The fourth-order valence-corrected chi connectivity index (χ4v) is 5.09. The third-order valence-electron chi connectivity index (χ3n) is 5.50. The lowest BCUT2D eigenvalue weighted by Gasteiger charge is -2.15. The van der Waals surface area contributed by atoms with E-state index in [9.17, 15) is 35.9 Å². The molecule has 5 nitrogen and oxygen atoms in total. The summed E-state index contributed by atoms with van der Waals surface area (Å²) in [4.78, 5) is 23.7. The number of halogens is 6. The summed E-state index contributed by atoms with van der Waals surface area (Å²) < 4.78 is 96.8. The first kappa shape index (κ1) is 28.7. The van der Waals surface area contributed by atoms with Crippen LogP contribution in [0.2, 0.25) is 0 Å². The highest BCUT2D eigenvalue weighted by atomic mass is 32.1.